The highest BCUT2D eigenvalue weighted by Gasteiger charge is 2.14. The van der Waals surface area contributed by atoms with Crippen LogP contribution in [0.3, 0.4) is 0 Å². The number of halogens is 1. The molecule has 0 aliphatic rings. The van der Waals surface area contributed by atoms with Gasteiger partial charge in [0.05, 0.1) is 16.7 Å². The summed E-state index contributed by atoms with van der Waals surface area (Å²) in [5.41, 5.74) is 2.55. The summed E-state index contributed by atoms with van der Waals surface area (Å²) >= 11 is 7.63. The topological polar surface area (TPSA) is 72.2 Å². The van der Waals surface area contributed by atoms with Crippen LogP contribution in [0.25, 0.3) is 5.69 Å². The van der Waals surface area contributed by atoms with Gasteiger partial charge >= 0.3 is 0 Å². The third-order valence-electron chi connectivity index (χ3n) is 4.17. The molecule has 2 aromatic carbocycles. The number of aromatic nitrogens is 2. The van der Waals surface area contributed by atoms with Crippen LogP contribution < -0.4 is 0 Å². The Bertz CT molecular complexity index is 1050. The van der Waals surface area contributed by atoms with E-state index in [1.807, 2.05) is 35.9 Å². The van der Waals surface area contributed by atoms with E-state index in [0.29, 0.717) is 16.3 Å². The van der Waals surface area contributed by atoms with Crippen LogP contribution in [0.15, 0.2) is 64.9 Å². The molecule has 1 heterocycles. The molecular weight excluding hydrogens is 404 g/mol. The molecule has 0 saturated carbocycles. The predicted molar refractivity (Wildman–Crippen MR) is 109 cm³/mol. The molecule has 3 rings (SSSR count). The number of thioether (sulfide) groups is 1. The van der Waals surface area contributed by atoms with E-state index in [0.717, 1.165) is 22.7 Å². The number of benzene rings is 2. The second kappa shape index (κ2) is 8.06. The number of hydrogen-bond acceptors (Lipinski definition) is 5. The first-order valence-corrected chi connectivity index (χ1v) is 11.4. The molecule has 0 aliphatic heterocycles. The van der Waals surface area contributed by atoms with Crippen LogP contribution in [0.5, 0.6) is 0 Å². The summed E-state index contributed by atoms with van der Waals surface area (Å²) in [6.45, 7) is 1.95. The summed E-state index contributed by atoms with van der Waals surface area (Å²) < 4.78 is 25.0. The van der Waals surface area contributed by atoms with Gasteiger partial charge in [-0.25, -0.2) is 13.4 Å². The molecule has 1 unspecified atom stereocenters. The molecule has 0 saturated heterocycles. The van der Waals surface area contributed by atoms with Crippen molar-refractivity contribution in [2.45, 2.75) is 23.1 Å². The molecule has 1 atom stereocenters. The monoisotopic (exact) mass is 422 g/mol. The lowest BCUT2D eigenvalue weighted by Gasteiger charge is -2.14. The quantitative estimate of drug-likeness (QED) is 0.606. The highest BCUT2D eigenvalue weighted by molar-refractivity contribution is 7.99. The zero-order valence-corrected chi connectivity index (χ0v) is 17.2. The van der Waals surface area contributed by atoms with Gasteiger partial charge in [0.15, 0.2) is 15.0 Å². The van der Waals surface area contributed by atoms with Crippen LogP contribution >= 0.6 is 23.4 Å². The molecule has 0 radical (unpaired) electrons. The van der Waals surface area contributed by atoms with Crippen LogP contribution in [-0.2, 0) is 9.84 Å². The van der Waals surface area contributed by atoms with Crippen LogP contribution in [0.1, 0.15) is 17.2 Å². The second-order valence-corrected chi connectivity index (χ2v) is 9.54. The van der Waals surface area contributed by atoms with Crippen molar-refractivity contribution in [3.05, 3.63) is 71.0 Å². The lowest BCUT2D eigenvalue weighted by atomic mass is 10.1. The van der Waals surface area contributed by atoms with Crippen molar-refractivity contribution in [1.82, 2.24) is 9.55 Å². The minimum Gasteiger partial charge on any atom is -0.388 e. The van der Waals surface area contributed by atoms with Crippen molar-refractivity contribution in [2.24, 2.45) is 0 Å². The van der Waals surface area contributed by atoms with E-state index in [2.05, 4.69) is 4.98 Å². The van der Waals surface area contributed by atoms with Crippen LogP contribution in [-0.4, -0.2) is 35.1 Å². The standard InChI is InChI=1S/C19H19ClN2O3S2/c1-13-16(20)4-3-5-17(13)22-11-10-21-19(22)26-12-18(23)14-6-8-15(9-7-14)27(2,24)25/h3-11,18,23H,12H2,1-2H3. The number of nitrogens with zero attached hydrogens (tertiary/aromatic N) is 2. The van der Waals surface area contributed by atoms with E-state index < -0.39 is 15.9 Å². The Hall–Kier alpha value is -1.80. The molecule has 0 spiro atoms. The first kappa shape index (κ1) is 19.9. The summed E-state index contributed by atoms with van der Waals surface area (Å²) in [4.78, 5) is 4.60. The average molecular weight is 423 g/mol. The van der Waals surface area contributed by atoms with Gasteiger partial charge in [0.25, 0.3) is 0 Å². The Balaban J connectivity index is 1.74. The SMILES string of the molecule is Cc1c(Cl)cccc1-n1ccnc1SCC(O)c1ccc(S(C)(=O)=O)cc1. The Morgan fingerprint density at radius 2 is 1.93 bits per heavy atom. The van der Waals surface area contributed by atoms with E-state index in [-0.39, 0.29) is 4.90 Å². The van der Waals surface area contributed by atoms with Gasteiger partial charge in [0.2, 0.25) is 0 Å². The van der Waals surface area contributed by atoms with Gasteiger partial charge in [-0.1, -0.05) is 41.6 Å². The molecular formula is C19H19ClN2O3S2. The van der Waals surface area contributed by atoms with Crippen molar-refractivity contribution in [3.63, 3.8) is 0 Å². The van der Waals surface area contributed by atoms with Crippen molar-refractivity contribution in [3.8, 4) is 5.69 Å². The maximum absolute atomic E-state index is 11.5. The minimum absolute atomic E-state index is 0.234. The van der Waals surface area contributed by atoms with E-state index in [4.69, 9.17) is 11.6 Å². The number of hydrogen-bond donors (Lipinski definition) is 1. The van der Waals surface area contributed by atoms with Gasteiger partial charge < -0.3 is 5.11 Å². The third-order valence-corrected chi connectivity index (χ3v) is 6.75. The number of aliphatic hydroxyl groups excluding tert-OH is 1. The molecule has 0 aliphatic carbocycles. The zero-order chi connectivity index (χ0) is 19.6. The Labute approximate surface area is 167 Å². The second-order valence-electron chi connectivity index (χ2n) is 6.13. The largest absolute Gasteiger partial charge is 0.388 e. The van der Waals surface area contributed by atoms with E-state index >= 15 is 0 Å². The minimum atomic E-state index is -3.25. The van der Waals surface area contributed by atoms with Gasteiger partial charge in [-0.15, -0.1) is 0 Å². The maximum atomic E-state index is 11.5. The lowest BCUT2D eigenvalue weighted by Crippen LogP contribution is -2.04. The summed E-state index contributed by atoms with van der Waals surface area (Å²) in [6.07, 6.45) is 3.98. The smallest absolute Gasteiger partial charge is 0.175 e. The fourth-order valence-electron chi connectivity index (χ4n) is 2.62. The first-order chi connectivity index (χ1) is 12.8. The van der Waals surface area contributed by atoms with Crippen LogP contribution in [0, 0.1) is 6.92 Å². The van der Waals surface area contributed by atoms with Gasteiger partial charge in [0.1, 0.15) is 0 Å². The van der Waals surface area contributed by atoms with Crippen molar-refractivity contribution < 1.29 is 13.5 Å². The zero-order valence-electron chi connectivity index (χ0n) is 14.8. The first-order valence-electron chi connectivity index (χ1n) is 8.17. The molecule has 0 fully saturated rings. The van der Waals surface area contributed by atoms with Crippen LogP contribution in [0.4, 0.5) is 0 Å². The molecule has 0 bridgehead atoms. The Kier molecular flexibility index (Phi) is 5.95. The maximum Gasteiger partial charge on any atom is 0.175 e. The van der Waals surface area contributed by atoms with Gasteiger partial charge in [-0.3, -0.25) is 4.57 Å². The summed E-state index contributed by atoms with van der Waals surface area (Å²) in [7, 11) is -3.25. The molecule has 8 heteroatoms. The molecule has 3 aromatic rings. The van der Waals surface area contributed by atoms with Crippen LogP contribution in [0.2, 0.25) is 5.02 Å². The fraction of sp³-hybridized carbons (Fsp3) is 0.211. The number of aliphatic hydroxyl groups is 1. The third kappa shape index (κ3) is 4.55. The molecule has 1 aromatic heterocycles. The summed E-state index contributed by atoms with van der Waals surface area (Å²) in [5, 5.41) is 11.9. The number of imidazole rings is 1. The highest BCUT2D eigenvalue weighted by atomic mass is 35.5. The van der Waals surface area contributed by atoms with E-state index in [1.54, 1.807) is 18.3 Å². The van der Waals surface area contributed by atoms with E-state index in [1.165, 1.54) is 23.9 Å². The summed E-state index contributed by atoms with van der Waals surface area (Å²) in [5.74, 6) is 0.384. The Morgan fingerprint density at radius 1 is 1.22 bits per heavy atom. The lowest BCUT2D eigenvalue weighted by molar-refractivity contribution is 0.204. The number of rotatable bonds is 6. The van der Waals surface area contributed by atoms with Crippen molar-refractivity contribution >= 4 is 33.2 Å². The van der Waals surface area contributed by atoms with E-state index in [9.17, 15) is 13.5 Å². The van der Waals surface area contributed by atoms with Gasteiger partial charge in [-0.2, -0.15) is 0 Å². The van der Waals surface area contributed by atoms with Crippen molar-refractivity contribution in [1.29, 1.82) is 0 Å². The average Bonchev–Trinajstić information content (AvgIpc) is 3.09. The van der Waals surface area contributed by atoms with Gasteiger partial charge in [-0.05, 0) is 42.3 Å². The predicted octanol–water partition coefficient (Wildman–Crippen LogP) is 4.06. The Morgan fingerprint density at radius 3 is 2.59 bits per heavy atom. The molecule has 0 amide bonds. The fourth-order valence-corrected chi connectivity index (χ4v) is 4.36. The molecule has 1 N–H and O–H groups in total. The summed E-state index contributed by atoms with van der Waals surface area (Å²) in [6, 6.07) is 12.0. The van der Waals surface area contributed by atoms with Crippen molar-refractivity contribution in [2.75, 3.05) is 12.0 Å². The molecule has 142 valence electrons. The highest BCUT2D eigenvalue weighted by Crippen LogP contribution is 2.29. The normalized spacial score (nSPS) is 12.9. The molecule has 27 heavy (non-hydrogen) atoms. The number of sulfone groups is 1. The molecule has 5 nitrogen and oxygen atoms in total. The van der Waals surface area contributed by atoms with Gasteiger partial charge in [0, 0.05) is 29.4 Å².